The second kappa shape index (κ2) is 4.82. The number of hydrogen-bond acceptors (Lipinski definition) is 3. The van der Waals surface area contributed by atoms with Gasteiger partial charge in [0.25, 0.3) is 0 Å². The van der Waals surface area contributed by atoms with Gasteiger partial charge >= 0.3 is 0 Å². The maximum atomic E-state index is 12.2. The molecule has 1 aromatic rings. The Bertz CT molecular complexity index is 419. The molecular formula is C13H16BrNOS. The Hall–Kier alpha value is -0.190. The Morgan fingerprint density at radius 1 is 1.41 bits per heavy atom. The number of carbonyl (C=O) groups excluding carboxylic acids is 1. The van der Waals surface area contributed by atoms with Crippen LogP contribution >= 0.6 is 27.3 Å². The summed E-state index contributed by atoms with van der Waals surface area (Å²) in [4.78, 5) is 13.1. The number of thiophene rings is 1. The van der Waals surface area contributed by atoms with Gasteiger partial charge in [-0.05, 0) is 59.0 Å². The van der Waals surface area contributed by atoms with Crippen LogP contribution in [0.2, 0.25) is 0 Å². The van der Waals surface area contributed by atoms with E-state index in [0.29, 0.717) is 23.8 Å². The maximum absolute atomic E-state index is 12.2. The number of nitrogens with one attached hydrogen (secondary N) is 1. The zero-order valence-electron chi connectivity index (χ0n) is 9.62. The van der Waals surface area contributed by atoms with Crippen molar-refractivity contribution in [1.29, 1.82) is 0 Å². The van der Waals surface area contributed by atoms with Crippen LogP contribution in [0.5, 0.6) is 0 Å². The SMILES string of the molecule is O=C(CC1CC2CCC(C1)N2)c1sccc1Br. The second-order valence-electron chi connectivity index (χ2n) is 5.20. The number of fused-ring (bicyclic) bond motifs is 2. The Kier molecular flexibility index (Phi) is 3.37. The van der Waals surface area contributed by atoms with Crippen molar-refractivity contribution < 1.29 is 4.79 Å². The van der Waals surface area contributed by atoms with Gasteiger partial charge in [-0.2, -0.15) is 0 Å². The van der Waals surface area contributed by atoms with Crippen LogP contribution in [-0.2, 0) is 0 Å². The van der Waals surface area contributed by atoms with E-state index >= 15 is 0 Å². The minimum Gasteiger partial charge on any atom is -0.311 e. The lowest BCUT2D eigenvalue weighted by Crippen LogP contribution is -2.38. The highest BCUT2D eigenvalue weighted by molar-refractivity contribution is 9.10. The van der Waals surface area contributed by atoms with Crippen LogP contribution in [-0.4, -0.2) is 17.9 Å². The van der Waals surface area contributed by atoms with Crippen LogP contribution < -0.4 is 5.32 Å². The number of piperidine rings is 1. The number of Topliss-reactive ketones (excluding diaryl/α,β-unsaturated/α-hetero) is 1. The van der Waals surface area contributed by atoms with Crippen molar-refractivity contribution in [2.75, 3.05) is 0 Å². The summed E-state index contributed by atoms with van der Waals surface area (Å²) >= 11 is 5.00. The van der Waals surface area contributed by atoms with Gasteiger partial charge in [0.05, 0.1) is 4.88 Å². The minimum atomic E-state index is 0.318. The summed E-state index contributed by atoms with van der Waals surface area (Å²) < 4.78 is 0.962. The molecule has 0 radical (unpaired) electrons. The molecule has 1 N–H and O–H groups in total. The zero-order valence-corrected chi connectivity index (χ0v) is 12.0. The van der Waals surface area contributed by atoms with Crippen molar-refractivity contribution >= 4 is 33.0 Å². The average Bonchev–Trinajstić information content (AvgIpc) is 2.85. The molecule has 2 nitrogen and oxygen atoms in total. The fourth-order valence-electron chi connectivity index (χ4n) is 3.19. The molecule has 2 saturated heterocycles. The smallest absolute Gasteiger partial charge is 0.174 e. The molecule has 2 atom stereocenters. The molecular weight excluding hydrogens is 298 g/mol. The Morgan fingerprint density at radius 3 is 2.71 bits per heavy atom. The molecule has 0 saturated carbocycles. The minimum absolute atomic E-state index is 0.318. The van der Waals surface area contributed by atoms with E-state index in [0.717, 1.165) is 15.8 Å². The first-order valence-corrected chi connectivity index (χ1v) is 7.92. The Morgan fingerprint density at radius 2 is 2.12 bits per heavy atom. The highest BCUT2D eigenvalue weighted by Gasteiger charge is 2.34. The third kappa shape index (κ3) is 2.49. The predicted molar refractivity (Wildman–Crippen MR) is 73.6 cm³/mol. The summed E-state index contributed by atoms with van der Waals surface area (Å²) in [5, 5.41) is 5.60. The average molecular weight is 314 g/mol. The fraction of sp³-hybridized carbons (Fsp3) is 0.615. The normalized spacial score (nSPS) is 31.7. The van der Waals surface area contributed by atoms with Crippen LogP contribution in [0, 0.1) is 5.92 Å². The molecule has 2 bridgehead atoms. The van der Waals surface area contributed by atoms with Crippen molar-refractivity contribution in [3.05, 3.63) is 20.8 Å². The summed E-state index contributed by atoms with van der Waals surface area (Å²) in [6, 6.07) is 3.32. The third-order valence-corrected chi connectivity index (χ3v) is 5.79. The zero-order chi connectivity index (χ0) is 11.8. The van der Waals surface area contributed by atoms with Crippen LogP contribution in [0.25, 0.3) is 0 Å². The van der Waals surface area contributed by atoms with Gasteiger partial charge in [0.2, 0.25) is 0 Å². The number of halogens is 1. The Labute approximate surface area is 114 Å². The molecule has 4 heteroatoms. The molecule has 0 amide bonds. The molecule has 0 spiro atoms. The Balaban J connectivity index is 1.64. The molecule has 1 aromatic heterocycles. The van der Waals surface area contributed by atoms with Gasteiger partial charge in [-0.3, -0.25) is 4.79 Å². The second-order valence-corrected chi connectivity index (χ2v) is 6.97. The highest BCUT2D eigenvalue weighted by Crippen LogP contribution is 2.34. The largest absolute Gasteiger partial charge is 0.311 e. The molecule has 2 unspecified atom stereocenters. The van der Waals surface area contributed by atoms with Crippen LogP contribution in [0.1, 0.15) is 41.8 Å². The number of ketones is 1. The lowest BCUT2D eigenvalue weighted by molar-refractivity contribution is 0.0949. The van der Waals surface area contributed by atoms with E-state index in [1.807, 2.05) is 11.4 Å². The fourth-order valence-corrected chi connectivity index (χ4v) is 4.73. The summed E-state index contributed by atoms with van der Waals surface area (Å²) in [6.07, 6.45) is 5.71. The van der Waals surface area contributed by atoms with Crippen LogP contribution in [0.4, 0.5) is 0 Å². The van der Waals surface area contributed by atoms with Gasteiger partial charge in [-0.15, -0.1) is 11.3 Å². The molecule has 0 aromatic carbocycles. The lowest BCUT2D eigenvalue weighted by atomic mass is 9.88. The van der Waals surface area contributed by atoms with E-state index < -0.39 is 0 Å². The molecule has 0 aliphatic carbocycles. The first-order valence-electron chi connectivity index (χ1n) is 6.24. The first kappa shape index (κ1) is 11.9. The van der Waals surface area contributed by atoms with Gasteiger partial charge in [-0.1, -0.05) is 0 Å². The molecule has 92 valence electrons. The van der Waals surface area contributed by atoms with E-state index in [2.05, 4.69) is 21.2 Å². The van der Waals surface area contributed by atoms with Gasteiger partial charge in [0.15, 0.2) is 5.78 Å². The lowest BCUT2D eigenvalue weighted by Gasteiger charge is -2.28. The first-order chi connectivity index (χ1) is 8.22. The third-order valence-electron chi connectivity index (χ3n) is 3.92. The van der Waals surface area contributed by atoms with E-state index in [1.165, 1.54) is 25.7 Å². The summed E-state index contributed by atoms with van der Waals surface area (Å²) in [6.45, 7) is 0. The van der Waals surface area contributed by atoms with Gasteiger partial charge < -0.3 is 5.32 Å². The number of hydrogen-bond donors (Lipinski definition) is 1. The van der Waals surface area contributed by atoms with Crippen molar-refractivity contribution in [3.63, 3.8) is 0 Å². The predicted octanol–water partition coefficient (Wildman–Crippen LogP) is 3.61. The van der Waals surface area contributed by atoms with E-state index in [1.54, 1.807) is 11.3 Å². The number of rotatable bonds is 3. The van der Waals surface area contributed by atoms with Crippen molar-refractivity contribution in [3.8, 4) is 0 Å². The molecule has 17 heavy (non-hydrogen) atoms. The van der Waals surface area contributed by atoms with Crippen LogP contribution in [0.15, 0.2) is 15.9 Å². The molecule has 2 aliphatic rings. The highest BCUT2D eigenvalue weighted by atomic mass is 79.9. The van der Waals surface area contributed by atoms with Gasteiger partial charge in [-0.25, -0.2) is 0 Å². The van der Waals surface area contributed by atoms with Gasteiger partial charge in [0.1, 0.15) is 0 Å². The van der Waals surface area contributed by atoms with E-state index in [-0.39, 0.29) is 0 Å². The number of carbonyl (C=O) groups is 1. The monoisotopic (exact) mass is 313 g/mol. The molecule has 2 aliphatic heterocycles. The summed E-state index contributed by atoms with van der Waals surface area (Å²) in [5.74, 6) is 0.911. The standard InChI is InChI=1S/C13H16BrNOS/c14-11-3-4-17-13(11)12(16)7-8-5-9-1-2-10(6-8)15-9/h3-4,8-10,15H,1-2,5-7H2. The molecule has 2 fully saturated rings. The van der Waals surface area contributed by atoms with Crippen molar-refractivity contribution in [2.24, 2.45) is 5.92 Å². The van der Waals surface area contributed by atoms with Gasteiger partial charge in [0, 0.05) is 23.0 Å². The molecule has 3 heterocycles. The molecule has 3 rings (SSSR count). The quantitative estimate of drug-likeness (QED) is 0.864. The van der Waals surface area contributed by atoms with E-state index in [9.17, 15) is 4.79 Å². The maximum Gasteiger partial charge on any atom is 0.174 e. The summed E-state index contributed by atoms with van der Waals surface area (Å²) in [7, 11) is 0. The van der Waals surface area contributed by atoms with E-state index in [4.69, 9.17) is 0 Å². The van der Waals surface area contributed by atoms with Crippen LogP contribution in [0.3, 0.4) is 0 Å². The van der Waals surface area contributed by atoms with Crippen molar-refractivity contribution in [2.45, 2.75) is 44.2 Å². The topological polar surface area (TPSA) is 29.1 Å². The van der Waals surface area contributed by atoms with Crippen molar-refractivity contribution in [1.82, 2.24) is 5.32 Å². The summed E-state index contributed by atoms with van der Waals surface area (Å²) in [5.41, 5.74) is 0.